The Kier molecular flexibility index (Phi) is 3.31. The van der Waals surface area contributed by atoms with Gasteiger partial charge in [0.1, 0.15) is 0 Å². The van der Waals surface area contributed by atoms with Crippen molar-refractivity contribution in [2.24, 2.45) is 5.41 Å². The van der Waals surface area contributed by atoms with Gasteiger partial charge in [-0.15, -0.1) is 0 Å². The summed E-state index contributed by atoms with van der Waals surface area (Å²) in [5.74, 6) is 0. The highest BCUT2D eigenvalue weighted by atomic mass is 35.5. The third-order valence-electron chi connectivity index (χ3n) is 3.51. The number of hydrogen-bond donors (Lipinski definition) is 2. The average molecular weight is 279 g/mol. The molecule has 0 aliphatic carbocycles. The van der Waals surface area contributed by atoms with Crippen molar-refractivity contribution in [3.05, 3.63) is 35.5 Å². The number of aromatic nitrogens is 1. The first-order valence-corrected chi connectivity index (χ1v) is 6.57. The van der Waals surface area contributed by atoms with Gasteiger partial charge >= 0.3 is 0 Å². The lowest BCUT2D eigenvalue weighted by Crippen LogP contribution is -2.50. The molecule has 5 heteroatoms. The van der Waals surface area contributed by atoms with Gasteiger partial charge in [0.25, 0.3) is 0 Å². The maximum Gasteiger partial charge on any atom is 0.0737 e. The molecule has 1 fully saturated rings. The van der Waals surface area contributed by atoms with Gasteiger partial charge in [-0.25, -0.2) is 0 Å². The fourth-order valence-electron chi connectivity index (χ4n) is 2.20. The molecule has 4 nitrogen and oxygen atoms in total. The van der Waals surface area contributed by atoms with E-state index in [0.717, 1.165) is 16.6 Å². The highest BCUT2D eigenvalue weighted by Crippen LogP contribution is 2.29. The lowest BCUT2D eigenvalue weighted by Gasteiger charge is -2.40. The topological polar surface area (TPSA) is 54.4 Å². The standard InChI is InChI=1S/C14H15ClN2O2/c15-10-1-2-11-12(3-4-16-13(11)5-10)17-6-14(7-18)8-19-9-14/h1-5,18H,6-9H2,(H,16,17). The molecule has 1 aliphatic heterocycles. The molecule has 0 radical (unpaired) electrons. The predicted octanol–water partition coefficient (Wildman–Crippen LogP) is 2.31. The quantitative estimate of drug-likeness (QED) is 0.901. The van der Waals surface area contributed by atoms with Crippen LogP contribution in [0.15, 0.2) is 30.5 Å². The maximum atomic E-state index is 9.41. The van der Waals surface area contributed by atoms with Crippen molar-refractivity contribution in [1.29, 1.82) is 0 Å². The Morgan fingerprint density at radius 2 is 2.21 bits per heavy atom. The number of rotatable bonds is 4. The van der Waals surface area contributed by atoms with Crippen LogP contribution in [0.25, 0.3) is 10.9 Å². The summed E-state index contributed by atoms with van der Waals surface area (Å²) in [5.41, 5.74) is 1.71. The van der Waals surface area contributed by atoms with Crippen LogP contribution >= 0.6 is 11.6 Å². The van der Waals surface area contributed by atoms with E-state index in [4.69, 9.17) is 16.3 Å². The fraction of sp³-hybridized carbons (Fsp3) is 0.357. The molecule has 1 aromatic carbocycles. The van der Waals surface area contributed by atoms with E-state index in [2.05, 4.69) is 10.3 Å². The lowest BCUT2D eigenvalue weighted by atomic mass is 9.87. The van der Waals surface area contributed by atoms with Crippen molar-refractivity contribution in [2.75, 3.05) is 31.7 Å². The number of aliphatic hydroxyl groups excluding tert-OH is 1. The molecule has 0 saturated carbocycles. The Morgan fingerprint density at radius 3 is 2.89 bits per heavy atom. The van der Waals surface area contributed by atoms with E-state index in [0.29, 0.717) is 24.8 Å². The predicted molar refractivity (Wildman–Crippen MR) is 75.6 cm³/mol. The van der Waals surface area contributed by atoms with Crippen molar-refractivity contribution in [3.8, 4) is 0 Å². The summed E-state index contributed by atoms with van der Waals surface area (Å²) in [4.78, 5) is 4.30. The zero-order valence-electron chi connectivity index (χ0n) is 10.4. The van der Waals surface area contributed by atoms with Gasteiger partial charge in [-0.2, -0.15) is 0 Å². The normalized spacial score (nSPS) is 17.2. The smallest absolute Gasteiger partial charge is 0.0737 e. The van der Waals surface area contributed by atoms with Gasteiger partial charge < -0.3 is 15.2 Å². The minimum Gasteiger partial charge on any atom is -0.396 e. The molecule has 1 aliphatic rings. The molecule has 2 aromatic rings. The second-order valence-corrected chi connectivity index (χ2v) is 5.46. The summed E-state index contributed by atoms with van der Waals surface area (Å²) in [7, 11) is 0. The van der Waals surface area contributed by atoms with Crippen molar-refractivity contribution < 1.29 is 9.84 Å². The third-order valence-corrected chi connectivity index (χ3v) is 3.75. The molecule has 0 bridgehead atoms. The van der Waals surface area contributed by atoms with E-state index in [-0.39, 0.29) is 12.0 Å². The van der Waals surface area contributed by atoms with Crippen LogP contribution in [0.3, 0.4) is 0 Å². The number of hydrogen-bond acceptors (Lipinski definition) is 4. The monoisotopic (exact) mass is 278 g/mol. The molecule has 0 spiro atoms. The molecule has 2 N–H and O–H groups in total. The summed E-state index contributed by atoms with van der Waals surface area (Å²) < 4.78 is 5.19. The molecule has 19 heavy (non-hydrogen) atoms. The van der Waals surface area contributed by atoms with E-state index in [1.54, 1.807) is 6.20 Å². The summed E-state index contributed by atoms with van der Waals surface area (Å²) in [6, 6.07) is 7.58. The van der Waals surface area contributed by atoms with E-state index in [1.165, 1.54) is 0 Å². The van der Waals surface area contributed by atoms with E-state index >= 15 is 0 Å². The number of aliphatic hydroxyl groups is 1. The first-order valence-electron chi connectivity index (χ1n) is 6.19. The first kappa shape index (κ1) is 12.7. The lowest BCUT2D eigenvalue weighted by molar-refractivity contribution is -0.128. The minimum absolute atomic E-state index is 0.134. The SMILES string of the molecule is OCC1(CNc2ccnc3cc(Cl)ccc23)COC1. The number of halogens is 1. The highest BCUT2D eigenvalue weighted by molar-refractivity contribution is 6.31. The Morgan fingerprint density at radius 1 is 1.37 bits per heavy atom. The van der Waals surface area contributed by atoms with Gasteiger partial charge in [-0.3, -0.25) is 4.98 Å². The average Bonchev–Trinajstić information content (AvgIpc) is 2.37. The van der Waals surface area contributed by atoms with Crippen molar-refractivity contribution >= 4 is 28.2 Å². The summed E-state index contributed by atoms with van der Waals surface area (Å²) in [6.45, 7) is 2.02. The number of ether oxygens (including phenoxy) is 1. The van der Waals surface area contributed by atoms with E-state index in [1.807, 2.05) is 24.3 Å². The van der Waals surface area contributed by atoms with Gasteiger partial charge in [0.2, 0.25) is 0 Å². The molecule has 1 aromatic heterocycles. The summed E-state index contributed by atoms with van der Waals surface area (Å²) in [6.07, 6.45) is 1.75. The largest absolute Gasteiger partial charge is 0.396 e. The molecular formula is C14H15ClN2O2. The fourth-order valence-corrected chi connectivity index (χ4v) is 2.36. The minimum atomic E-state index is -0.151. The Hall–Kier alpha value is -1.36. The molecule has 0 unspecified atom stereocenters. The van der Waals surface area contributed by atoms with Gasteiger partial charge in [0, 0.05) is 28.8 Å². The van der Waals surface area contributed by atoms with Crippen LogP contribution in [0.4, 0.5) is 5.69 Å². The highest BCUT2D eigenvalue weighted by Gasteiger charge is 2.37. The number of fused-ring (bicyclic) bond motifs is 1. The molecule has 3 rings (SSSR count). The van der Waals surface area contributed by atoms with Crippen LogP contribution in [-0.2, 0) is 4.74 Å². The van der Waals surface area contributed by atoms with Crippen LogP contribution in [0.5, 0.6) is 0 Å². The number of pyridine rings is 1. The third kappa shape index (κ3) is 2.39. The van der Waals surface area contributed by atoms with Crippen LogP contribution in [0.2, 0.25) is 5.02 Å². The van der Waals surface area contributed by atoms with Gasteiger partial charge in [-0.1, -0.05) is 11.6 Å². The van der Waals surface area contributed by atoms with Crippen molar-refractivity contribution in [2.45, 2.75) is 0 Å². The van der Waals surface area contributed by atoms with E-state index < -0.39 is 0 Å². The first-order chi connectivity index (χ1) is 9.22. The van der Waals surface area contributed by atoms with Crippen LogP contribution in [0, 0.1) is 5.41 Å². The van der Waals surface area contributed by atoms with Gasteiger partial charge in [0.05, 0.1) is 30.8 Å². The van der Waals surface area contributed by atoms with Gasteiger partial charge in [0.15, 0.2) is 0 Å². The molecule has 100 valence electrons. The van der Waals surface area contributed by atoms with Gasteiger partial charge in [-0.05, 0) is 24.3 Å². The molecule has 2 heterocycles. The number of anilines is 1. The van der Waals surface area contributed by atoms with Crippen LogP contribution in [0.1, 0.15) is 0 Å². The number of nitrogens with zero attached hydrogens (tertiary/aromatic N) is 1. The van der Waals surface area contributed by atoms with Crippen LogP contribution in [-0.4, -0.2) is 36.5 Å². The zero-order chi connectivity index (χ0) is 13.3. The molecule has 1 saturated heterocycles. The number of nitrogens with one attached hydrogen (secondary N) is 1. The summed E-state index contributed by atoms with van der Waals surface area (Å²) >= 11 is 5.96. The molecular weight excluding hydrogens is 264 g/mol. The Balaban J connectivity index is 1.84. The second-order valence-electron chi connectivity index (χ2n) is 5.02. The maximum absolute atomic E-state index is 9.41. The molecule has 0 atom stereocenters. The van der Waals surface area contributed by atoms with Crippen LogP contribution < -0.4 is 5.32 Å². The second kappa shape index (κ2) is 4.96. The molecule has 0 amide bonds. The van der Waals surface area contributed by atoms with Crippen molar-refractivity contribution in [3.63, 3.8) is 0 Å². The van der Waals surface area contributed by atoms with Crippen molar-refractivity contribution in [1.82, 2.24) is 4.98 Å². The zero-order valence-corrected chi connectivity index (χ0v) is 11.2. The summed E-state index contributed by atoms with van der Waals surface area (Å²) in [5, 5.41) is 14.5. The number of benzene rings is 1. The Bertz CT molecular complexity index is 594. The Labute approximate surface area is 116 Å². The van der Waals surface area contributed by atoms with E-state index in [9.17, 15) is 5.11 Å².